The summed E-state index contributed by atoms with van der Waals surface area (Å²) in [5, 5.41) is 12.3. The Labute approximate surface area is 217 Å². The highest BCUT2D eigenvalue weighted by molar-refractivity contribution is 6.10. The molecule has 0 fully saturated rings. The van der Waals surface area contributed by atoms with Crippen molar-refractivity contribution in [1.29, 1.82) is 0 Å². The molecule has 0 atom stereocenters. The minimum atomic E-state index is -0.813. The number of aliphatic carboxylic acids is 1. The molecule has 0 saturated carbocycles. The molecule has 0 unspecified atom stereocenters. The van der Waals surface area contributed by atoms with Gasteiger partial charge in [-0.3, -0.25) is 9.59 Å². The highest BCUT2D eigenvalue weighted by Crippen LogP contribution is 2.25. The Morgan fingerprint density at radius 1 is 1.08 bits per heavy atom. The van der Waals surface area contributed by atoms with Gasteiger partial charge in [0.15, 0.2) is 5.78 Å². The summed E-state index contributed by atoms with van der Waals surface area (Å²) in [5.74, 6) is 0.749. The van der Waals surface area contributed by atoms with Crippen molar-refractivity contribution in [3.05, 3.63) is 95.1 Å². The number of hydrogen-bond acceptors (Lipinski definition) is 5. The van der Waals surface area contributed by atoms with Crippen molar-refractivity contribution in [2.45, 2.75) is 52.5 Å². The summed E-state index contributed by atoms with van der Waals surface area (Å²) >= 11 is 0. The first-order valence-corrected chi connectivity index (χ1v) is 12.6. The average molecular weight is 500 g/mol. The van der Waals surface area contributed by atoms with E-state index < -0.39 is 5.97 Å². The van der Waals surface area contributed by atoms with Crippen LogP contribution in [0.1, 0.15) is 65.5 Å². The number of benzene rings is 2. The smallest absolute Gasteiger partial charge is 0.303 e. The second-order valence-corrected chi connectivity index (χ2v) is 9.49. The SMILES string of the molecule is Cc1oc(-c2ccccc2)nc1CCNc1cccc(C(=O)c2cn(CCCC(=O)O)cc2C(C)C)c1. The molecular weight excluding hydrogens is 466 g/mol. The van der Waals surface area contributed by atoms with Crippen LogP contribution in [0.5, 0.6) is 0 Å². The van der Waals surface area contributed by atoms with Gasteiger partial charge in [0.2, 0.25) is 5.89 Å². The molecule has 2 heterocycles. The van der Waals surface area contributed by atoms with Gasteiger partial charge in [0.25, 0.3) is 0 Å². The molecule has 0 radical (unpaired) electrons. The summed E-state index contributed by atoms with van der Waals surface area (Å²) in [5.41, 5.74) is 4.96. The minimum absolute atomic E-state index is 0.0378. The van der Waals surface area contributed by atoms with E-state index in [2.05, 4.69) is 24.1 Å². The molecule has 7 nitrogen and oxygen atoms in total. The number of aryl methyl sites for hydroxylation is 2. The van der Waals surface area contributed by atoms with Gasteiger partial charge in [0.05, 0.1) is 5.69 Å². The number of carboxylic acid groups (broad SMARTS) is 1. The summed E-state index contributed by atoms with van der Waals surface area (Å²) in [4.78, 5) is 28.9. The monoisotopic (exact) mass is 499 g/mol. The number of carbonyl (C=O) groups is 2. The van der Waals surface area contributed by atoms with Crippen LogP contribution in [0, 0.1) is 6.92 Å². The van der Waals surface area contributed by atoms with Crippen molar-refractivity contribution in [3.63, 3.8) is 0 Å². The van der Waals surface area contributed by atoms with E-state index in [4.69, 9.17) is 9.52 Å². The van der Waals surface area contributed by atoms with Gasteiger partial charge in [0, 0.05) is 60.7 Å². The van der Waals surface area contributed by atoms with E-state index in [1.54, 1.807) is 0 Å². The fraction of sp³-hybridized carbons (Fsp3) is 0.300. The molecule has 37 heavy (non-hydrogen) atoms. The van der Waals surface area contributed by atoms with Crippen LogP contribution in [-0.4, -0.2) is 33.0 Å². The molecule has 0 aliphatic carbocycles. The summed E-state index contributed by atoms with van der Waals surface area (Å²) in [6.07, 6.45) is 5.13. The normalized spacial score (nSPS) is 11.1. The number of hydrogen-bond donors (Lipinski definition) is 2. The molecule has 0 bridgehead atoms. The molecule has 2 aromatic carbocycles. The maximum Gasteiger partial charge on any atom is 0.303 e. The molecule has 0 spiro atoms. The Bertz CT molecular complexity index is 1370. The quantitative estimate of drug-likeness (QED) is 0.221. The minimum Gasteiger partial charge on any atom is -0.481 e. The Morgan fingerprint density at radius 2 is 1.86 bits per heavy atom. The summed E-state index contributed by atoms with van der Waals surface area (Å²) in [6.45, 7) is 7.25. The van der Waals surface area contributed by atoms with Gasteiger partial charge >= 0.3 is 5.97 Å². The van der Waals surface area contributed by atoms with Crippen LogP contribution in [0.25, 0.3) is 11.5 Å². The van der Waals surface area contributed by atoms with Crippen molar-refractivity contribution in [3.8, 4) is 11.5 Å². The first-order valence-electron chi connectivity index (χ1n) is 12.6. The van der Waals surface area contributed by atoms with E-state index in [9.17, 15) is 9.59 Å². The fourth-order valence-corrected chi connectivity index (χ4v) is 4.33. The Kier molecular flexibility index (Phi) is 8.23. The first kappa shape index (κ1) is 25.9. The molecule has 7 heteroatoms. The number of aromatic nitrogens is 2. The van der Waals surface area contributed by atoms with Crippen molar-refractivity contribution < 1.29 is 19.1 Å². The highest BCUT2D eigenvalue weighted by Gasteiger charge is 2.19. The van der Waals surface area contributed by atoms with Crippen molar-refractivity contribution in [2.75, 3.05) is 11.9 Å². The number of carbonyl (C=O) groups excluding carboxylic acids is 1. The number of nitrogens with one attached hydrogen (secondary N) is 1. The lowest BCUT2D eigenvalue weighted by atomic mass is 9.96. The molecule has 0 saturated heterocycles. The third kappa shape index (κ3) is 6.55. The zero-order chi connectivity index (χ0) is 26.4. The Morgan fingerprint density at radius 3 is 2.59 bits per heavy atom. The van der Waals surface area contributed by atoms with Crippen molar-refractivity contribution in [1.82, 2.24) is 9.55 Å². The number of rotatable bonds is 12. The summed E-state index contributed by atoms with van der Waals surface area (Å²) < 4.78 is 7.79. The molecular formula is C30H33N3O4. The van der Waals surface area contributed by atoms with E-state index in [-0.39, 0.29) is 18.1 Å². The third-order valence-corrected chi connectivity index (χ3v) is 6.31. The van der Waals surface area contributed by atoms with E-state index in [1.807, 2.05) is 78.5 Å². The van der Waals surface area contributed by atoms with Crippen LogP contribution in [-0.2, 0) is 17.8 Å². The zero-order valence-electron chi connectivity index (χ0n) is 21.5. The molecule has 0 aliphatic rings. The predicted octanol–water partition coefficient (Wildman–Crippen LogP) is 6.33. The summed E-state index contributed by atoms with van der Waals surface area (Å²) in [7, 11) is 0. The van der Waals surface area contributed by atoms with Crippen LogP contribution in [0.3, 0.4) is 0 Å². The number of nitrogens with zero attached hydrogens (tertiary/aromatic N) is 2. The molecule has 2 aromatic heterocycles. The second-order valence-electron chi connectivity index (χ2n) is 9.49. The Hall–Kier alpha value is -4.13. The van der Waals surface area contributed by atoms with Gasteiger partial charge in [-0.05, 0) is 49.1 Å². The van der Waals surface area contributed by atoms with Crippen molar-refractivity contribution in [2.24, 2.45) is 0 Å². The lowest BCUT2D eigenvalue weighted by molar-refractivity contribution is -0.137. The standard InChI is InChI=1S/C30H33N3O4/c1-20(2)25-18-33(16-8-13-28(34)35)19-26(25)29(36)23-11-7-12-24(17-23)31-15-14-27-21(3)37-30(32-27)22-9-5-4-6-10-22/h4-7,9-12,17-20,31H,8,13-16H2,1-3H3,(H,34,35). The lowest BCUT2D eigenvalue weighted by Gasteiger charge is -2.09. The largest absolute Gasteiger partial charge is 0.481 e. The highest BCUT2D eigenvalue weighted by atomic mass is 16.4. The fourth-order valence-electron chi connectivity index (χ4n) is 4.33. The number of oxazole rings is 1. The number of anilines is 1. The number of carboxylic acids is 1. The maximum atomic E-state index is 13.4. The summed E-state index contributed by atoms with van der Waals surface area (Å²) in [6, 6.07) is 17.4. The van der Waals surface area contributed by atoms with Gasteiger partial charge in [-0.15, -0.1) is 0 Å². The van der Waals surface area contributed by atoms with Gasteiger partial charge in [-0.2, -0.15) is 0 Å². The van der Waals surface area contributed by atoms with Gasteiger partial charge in [-0.1, -0.05) is 44.2 Å². The van der Waals surface area contributed by atoms with E-state index in [0.29, 0.717) is 42.9 Å². The molecule has 2 N–H and O–H groups in total. The van der Waals surface area contributed by atoms with E-state index in [0.717, 1.165) is 28.3 Å². The predicted molar refractivity (Wildman–Crippen MR) is 144 cm³/mol. The second kappa shape index (κ2) is 11.7. The molecule has 192 valence electrons. The third-order valence-electron chi connectivity index (χ3n) is 6.31. The van der Waals surface area contributed by atoms with Crippen LogP contribution >= 0.6 is 0 Å². The van der Waals surface area contributed by atoms with E-state index in [1.165, 1.54) is 0 Å². The van der Waals surface area contributed by atoms with Gasteiger partial charge in [-0.25, -0.2) is 4.98 Å². The lowest BCUT2D eigenvalue weighted by Crippen LogP contribution is -2.08. The topological polar surface area (TPSA) is 97.4 Å². The van der Waals surface area contributed by atoms with Crippen LogP contribution in [0.15, 0.2) is 71.4 Å². The van der Waals surface area contributed by atoms with Gasteiger partial charge in [0.1, 0.15) is 5.76 Å². The van der Waals surface area contributed by atoms with Crippen LogP contribution in [0.2, 0.25) is 0 Å². The van der Waals surface area contributed by atoms with Crippen LogP contribution < -0.4 is 5.32 Å². The molecule has 4 aromatic rings. The Balaban J connectivity index is 1.42. The zero-order valence-corrected chi connectivity index (χ0v) is 21.5. The van der Waals surface area contributed by atoms with Crippen molar-refractivity contribution >= 4 is 17.4 Å². The first-order chi connectivity index (χ1) is 17.8. The molecule has 0 amide bonds. The molecule has 4 rings (SSSR count). The van der Waals surface area contributed by atoms with E-state index >= 15 is 0 Å². The van der Waals surface area contributed by atoms with Crippen LogP contribution in [0.4, 0.5) is 5.69 Å². The van der Waals surface area contributed by atoms with Gasteiger partial charge < -0.3 is 19.4 Å². The molecule has 0 aliphatic heterocycles. The average Bonchev–Trinajstić information content (AvgIpc) is 3.48. The number of ketones is 1. The maximum absolute atomic E-state index is 13.4.